The summed E-state index contributed by atoms with van der Waals surface area (Å²) in [6.45, 7) is 4.97. The Bertz CT molecular complexity index is 1010. The van der Waals surface area contributed by atoms with E-state index in [1.165, 1.54) is 289 Å². The highest BCUT2D eigenvalue weighted by Gasteiger charge is 2.20. The van der Waals surface area contributed by atoms with E-state index in [1.54, 1.807) is 0 Å². The van der Waals surface area contributed by atoms with Gasteiger partial charge in [0.2, 0.25) is 5.91 Å². The average Bonchev–Trinajstić information content (AvgIpc) is 3.36. The van der Waals surface area contributed by atoms with Gasteiger partial charge in [0.05, 0.1) is 25.4 Å². The van der Waals surface area contributed by atoms with E-state index in [9.17, 15) is 19.8 Å². The van der Waals surface area contributed by atoms with Crippen molar-refractivity contribution in [1.82, 2.24) is 5.32 Å². The zero-order valence-electron chi connectivity index (χ0n) is 47.8. The van der Waals surface area contributed by atoms with Crippen molar-refractivity contribution in [3.05, 3.63) is 0 Å². The predicted molar refractivity (Wildman–Crippen MR) is 306 cm³/mol. The normalized spacial score (nSPS) is 12.5. The molecule has 70 heavy (non-hydrogen) atoms. The van der Waals surface area contributed by atoms with Gasteiger partial charge in [0.25, 0.3) is 0 Å². The Morgan fingerprint density at radius 1 is 0.343 bits per heavy atom. The molecule has 0 saturated heterocycles. The van der Waals surface area contributed by atoms with Gasteiger partial charge in [0.15, 0.2) is 0 Å². The Hall–Kier alpha value is -1.14. The number of aliphatic hydroxyl groups is 2. The molecular weight excluding hydrogens is 863 g/mol. The molecule has 3 N–H and O–H groups in total. The highest BCUT2D eigenvalue weighted by molar-refractivity contribution is 5.76. The summed E-state index contributed by atoms with van der Waals surface area (Å²) in [6, 6.07) is -0.551. The van der Waals surface area contributed by atoms with Crippen LogP contribution in [0.5, 0.6) is 0 Å². The molecule has 0 heterocycles. The number of hydrogen-bond acceptors (Lipinski definition) is 5. The number of nitrogens with one attached hydrogen (secondary N) is 1. The van der Waals surface area contributed by atoms with Gasteiger partial charge in [-0.15, -0.1) is 0 Å². The first-order valence-electron chi connectivity index (χ1n) is 32.3. The minimum Gasteiger partial charge on any atom is -0.466 e. The smallest absolute Gasteiger partial charge is 0.305 e. The SMILES string of the molecule is CCCCCCCCCCCCCCCCCCCCCCCC(O)C(CO)NC(=O)CCCCCCCCCCCCCCCOC(=O)CCCCCCCCCCCCCCCCCCCCC. The molecule has 0 aromatic rings. The number of unbranched alkanes of at least 4 members (excludes halogenated alkanes) is 50. The van der Waals surface area contributed by atoms with E-state index in [0.29, 0.717) is 25.9 Å². The summed E-state index contributed by atoms with van der Waals surface area (Å²) in [5.74, 6) is -0.0414. The summed E-state index contributed by atoms with van der Waals surface area (Å²) < 4.78 is 5.50. The van der Waals surface area contributed by atoms with E-state index in [4.69, 9.17) is 4.74 Å². The van der Waals surface area contributed by atoms with Crippen LogP contribution in [0.15, 0.2) is 0 Å². The van der Waals surface area contributed by atoms with Gasteiger partial charge >= 0.3 is 5.97 Å². The number of carbonyl (C=O) groups excluding carboxylic acids is 2. The van der Waals surface area contributed by atoms with E-state index in [2.05, 4.69) is 19.2 Å². The molecule has 0 rings (SSSR count). The molecule has 0 bridgehead atoms. The molecule has 0 fully saturated rings. The second-order valence-corrected chi connectivity index (χ2v) is 22.5. The Labute approximate surface area is 438 Å². The Morgan fingerprint density at radius 2 is 0.586 bits per heavy atom. The second kappa shape index (κ2) is 60.4. The van der Waals surface area contributed by atoms with E-state index in [0.717, 1.165) is 51.4 Å². The number of carbonyl (C=O) groups is 2. The van der Waals surface area contributed by atoms with Crippen molar-refractivity contribution in [3.63, 3.8) is 0 Å². The van der Waals surface area contributed by atoms with Crippen molar-refractivity contribution in [2.24, 2.45) is 0 Å². The number of hydrogen-bond donors (Lipinski definition) is 3. The number of aliphatic hydroxyl groups excluding tert-OH is 2. The summed E-state index contributed by atoms with van der Waals surface area (Å²) in [4.78, 5) is 24.6. The summed E-state index contributed by atoms with van der Waals surface area (Å²) >= 11 is 0. The Kier molecular flexibility index (Phi) is 59.4. The number of amides is 1. The van der Waals surface area contributed by atoms with Crippen molar-refractivity contribution in [1.29, 1.82) is 0 Å². The molecular formula is C64H127NO5. The lowest BCUT2D eigenvalue weighted by molar-refractivity contribution is -0.143. The monoisotopic (exact) mass is 990 g/mol. The van der Waals surface area contributed by atoms with Crippen molar-refractivity contribution >= 4 is 11.9 Å². The summed E-state index contributed by atoms with van der Waals surface area (Å²) in [5.41, 5.74) is 0. The molecule has 0 saturated carbocycles. The minimum absolute atomic E-state index is 0.00108. The lowest BCUT2D eigenvalue weighted by Gasteiger charge is -2.22. The fourth-order valence-corrected chi connectivity index (χ4v) is 10.5. The molecule has 0 radical (unpaired) electrons. The molecule has 2 unspecified atom stereocenters. The molecule has 6 heteroatoms. The zero-order chi connectivity index (χ0) is 50.7. The lowest BCUT2D eigenvalue weighted by atomic mass is 10.0. The first kappa shape index (κ1) is 68.9. The van der Waals surface area contributed by atoms with Crippen molar-refractivity contribution in [3.8, 4) is 0 Å². The van der Waals surface area contributed by atoms with E-state index in [1.807, 2.05) is 0 Å². The number of rotatable bonds is 61. The molecule has 0 aromatic heterocycles. The van der Waals surface area contributed by atoms with E-state index >= 15 is 0 Å². The highest BCUT2D eigenvalue weighted by atomic mass is 16.5. The topological polar surface area (TPSA) is 95.9 Å². The van der Waals surface area contributed by atoms with Crippen molar-refractivity contribution in [2.45, 2.75) is 386 Å². The molecule has 1 amide bonds. The first-order chi connectivity index (χ1) is 34.5. The molecule has 0 aliphatic carbocycles. The number of esters is 1. The first-order valence-corrected chi connectivity index (χ1v) is 32.3. The standard InChI is InChI=1S/C64H127NO5/c1-3-5-7-9-11-13-15-17-19-21-23-24-26-27-29-32-36-40-44-48-52-56-62(67)61(60-66)65-63(68)57-53-49-45-41-37-33-31-35-39-43-47-51-55-59-70-64(69)58-54-50-46-42-38-34-30-28-25-22-20-18-16-14-12-10-8-6-4-2/h61-62,66-67H,3-60H2,1-2H3,(H,65,68). The number of ether oxygens (including phenoxy) is 1. The Morgan fingerprint density at radius 3 is 0.871 bits per heavy atom. The highest BCUT2D eigenvalue weighted by Crippen LogP contribution is 2.19. The molecule has 0 aromatic carbocycles. The van der Waals surface area contributed by atoms with Gasteiger partial charge in [0.1, 0.15) is 0 Å². The van der Waals surface area contributed by atoms with Crippen LogP contribution in [-0.4, -0.2) is 47.4 Å². The molecule has 0 aliphatic rings. The quantitative estimate of drug-likeness (QED) is 0.0417. The average molecular weight is 991 g/mol. The van der Waals surface area contributed by atoms with Crippen LogP contribution in [0.3, 0.4) is 0 Å². The van der Waals surface area contributed by atoms with E-state index in [-0.39, 0.29) is 18.5 Å². The second-order valence-electron chi connectivity index (χ2n) is 22.5. The Balaban J connectivity index is 3.40. The van der Waals surface area contributed by atoms with Crippen LogP contribution in [0.25, 0.3) is 0 Å². The van der Waals surface area contributed by atoms with Gasteiger partial charge in [-0.05, 0) is 25.7 Å². The lowest BCUT2D eigenvalue weighted by Crippen LogP contribution is -2.45. The summed E-state index contributed by atoms with van der Waals surface area (Å²) in [5, 5.41) is 23.4. The summed E-state index contributed by atoms with van der Waals surface area (Å²) in [7, 11) is 0. The van der Waals surface area contributed by atoms with Gasteiger partial charge in [0, 0.05) is 12.8 Å². The largest absolute Gasteiger partial charge is 0.466 e. The van der Waals surface area contributed by atoms with Gasteiger partial charge in [-0.3, -0.25) is 9.59 Å². The zero-order valence-corrected chi connectivity index (χ0v) is 47.8. The van der Waals surface area contributed by atoms with Crippen LogP contribution >= 0.6 is 0 Å². The van der Waals surface area contributed by atoms with Crippen LogP contribution in [0, 0.1) is 0 Å². The third-order valence-electron chi connectivity index (χ3n) is 15.4. The minimum atomic E-state index is -0.673. The maximum atomic E-state index is 12.5. The molecule has 418 valence electrons. The van der Waals surface area contributed by atoms with Crippen LogP contribution in [-0.2, 0) is 14.3 Å². The van der Waals surface area contributed by atoms with Crippen molar-refractivity contribution in [2.75, 3.05) is 13.2 Å². The maximum absolute atomic E-state index is 12.5. The molecule has 2 atom stereocenters. The molecule has 0 spiro atoms. The fourth-order valence-electron chi connectivity index (χ4n) is 10.5. The fraction of sp³-hybridized carbons (Fsp3) is 0.969. The molecule has 6 nitrogen and oxygen atoms in total. The van der Waals surface area contributed by atoms with Gasteiger partial charge < -0.3 is 20.3 Å². The van der Waals surface area contributed by atoms with Crippen LogP contribution < -0.4 is 5.32 Å². The summed E-state index contributed by atoms with van der Waals surface area (Å²) in [6.07, 6.45) is 71.1. The maximum Gasteiger partial charge on any atom is 0.305 e. The van der Waals surface area contributed by atoms with Gasteiger partial charge in [-0.2, -0.15) is 0 Å². The van der Waals surface area contributed by atoms with Crippen molar-refractivity contribution < 1.29 is 24.5 Å². The van der Waals surface area contributed by atoms with E-state index < -0.39 is 12.1 Å². The third kappa shape index (κ3) is 56.2. The van der Waals surface area contributed by atoms with Gasteiger partial charge in [-0.1, -0.05) is 335 Å². The van der Waals surface area contributed by atoms with Gasteiger partial charge in [-0.25, -0.2) is 0 Å². The van der Waals surface area contributed by atoms with Crippen LogP contribution in [0.4, 0.5) is 0 Å². The van der Waals surface area contributed by atoms with Crippen LogP contribution in [0.1, 0.15) is 373 Å². The predicted octanol–water partition coefficient (Wildman–Crippen LogP) is 20.3. The van der Waals surface area contributed by atoms with Crippen LogP contribution in [0.2, 0.25) is 0 Å². The third-order valence-corrected chi connectivity index (χ3v) is 15.4. The molecule has 0 aliphatic heterocycles.